The van der Waals surface area contributed by atoms with Gasteiger partial charge in [0.05, 0.1) is 17.0 Å². The molecule has 0 bridgehead atoms. The van der Waals surface area contributed by atoms with Crippen molar-refractivity contribution in [2.45, 2.75) is 11.4 Å². The number of carbonyl (C=O) groups excluding carboxylic acids is 2. The van der Waals surface area contributed by atoms with Crippen molar-refractivity contribution >= 4 is 45.3 Å². The second-order valence-corrected chi connectivity index (χ2v) is 8.08. The summed E-state index contributed by atoms with van der Waals surface area (Å²) in [6, 6.07) is 13.0. The van der Waals surface area contributed by atoms with E-state index in [9.17, 15) is 32.6 Å². The van der Waals surface area contributed by atoms with Crippen molar-refractivity contribution in [3.63, 3.8) is 0 Å². The summed E-state index contributed by atoms with van der Waals surface area (Å²) in [4.78, 5) is 26.5. The fraction of sp³-hybridized carbons (Fsp3) is 0.0526. The lowest BCUT2D eigenvalue weighted by molar-refractivity contribution is 0.0598. The molecular weight excluding hydrogens is 397 g/mol. The number of amides is 2. The van der Waals surface area contributed by atoms with Crippen molar-refractivity contribution in [1.29, 1.82) is 0 Å². The summed E-state index contributed by atoms with van der Waals surface area (Å²) in [5.74, 6) is -1.21. The molecule has 146 valence electrons. The fourth-order valence-electron chi connectivity index (χ4n) is 3.40. The molecule has 3 N–H and O–H groups in total. The highest BCUT2D eigenvalue weighted by Crippen LogP contribution is 2.33. The van der Waals surface area contributed by atoms with Gasteiger partial charge in [0.15, 0.2) is 0 Å². The van der Waals surface area contributed by atoms with Gasteiger partial charge in [-0.1, -0.05) is 36.4 Å². The van der Waals surface area contributed by atoms with E-state index in [1.54, 1.807) is 30.3 Å². The molecule has 4 rings (SSSR count). The highest BCUT2D eigenvalue weighted by molar-refractivity contribution is 7.85. The van der Waals surface area contributed by atoms with Gasteiger partial charge in [-0.3, -0.25) is 19.0 Å². The monoisotopic (exact) mass is 411 g/mol. The zero-order chi connectivity index (χ0) is 20.9. The molecule has 10 heteroatoms. The third-order valence-electron chi connectivity index (χ3n) is 4.82. The summed E-state index contributed by atoms with van der Waals surface area (Å²) in [5, 5.41) is 19.0. The minimum absolute atomic E-state index is 0.00715. The average molecular weight is 411 g/mol. The minimum Gasteiger partial charge on any atom is -0.423 e. The predicted octanol–water partition coefficient (Wildman–Crippen LogP) is 0.562. The zero-order valence-electron chi connectivity index (χ0n) is 14.8. The molecule has 0 radical (unpaired) electrons. The van der Waals surface area contributed by atoms with E-state index in [0.29, 0.717) is 16.3 Å². The molecule has 0 aromatic heterocycles. The van der Waals surface area contributed by atoms with Crippen molar-refractivity contribution in [2.24, 2.45) is 0 Å². The molecule has 29 heavy (non-hydrogen) atoms. The molecule has 0 unspecified atom stereocenters. The Kier molecular flexibility index (Phi) is 4.51. The molecule has 3 aromatic rings. The van der Waals surface area contributed by atoms with E-state index in [0.717, 1.165) is 11.0 Å². The van der Waals surface area contributed by atoms with Gasteiger partial charge in [0.2, 0.25) is 0 Å². The first kappa shape index (κ1) is 19.3. The van der Waals surface area contributed by atoms with Crippen LogP contribution in [0.4, 0.5) is 0 Å². The van der Waals surface area contributed by atoms with Crippen LogP contribution in [-0.2, 0) is 16.7 Å². The molecule has 0 fully saturated rings. The topological polar surface area (TPSA) is 132 Å². The molecular formula is C19H14BNO7S. The van der Waals surface area contributed by atoms with E-state index in [-0.39, 0.29) is 23.1 Å². The van der Waals surface area contributed by atoms with Gasteiger partial charge in [0.25, 0.3) is 21.9 Å². The van der Waals surface area contributed by atoms with Crippen LogP contribution in [0.5, 0.6) is 0 Å². The predicted molar refractivity (Wildman–Crippen MR) is 104 cm³/mol. The van der Waals surface area contributed by atoms with Gasteiger partial charge in [-0.2, -0.15) is 8.42 Å². The third-order valence-corrected chi connectivity index (χ3v) is 5.65. The van der Waals surface area contributed by atoms with Crippen molar-refractivity contribution < 1.29 is 32.6 Å². The van der Waals surface area contributed by atoms with Gasteiger partial charge < -0.3 is 10.0 Å². The maximum absolute atomic E-state index is 13.0. The van der Waals surface area contributed by atoms with E-state index in [4.69, 9.17) is 0 Å². The standard InChI is InChI=1S/C19H14BNO7S/c22-18-15-3-1-2-12-8-14(29(26,27)28)9-16(17(12)15)19(23)21(18)10-11-4-6-13(7-5-11)20(24)25/h1-9,24-25H,10H2,(H,26,27,28). The first-order valence-corrected chi connectivity index (χ1v) is 9.96. The van der Waals surface area contributed by atoms with Gasteiger partial charge in [0, 0.05) is 10.9 Å². The summed E-state index contributed by atoms with van der Waals surface area (Å²) in [6.45, 7) is -0.0919. The molecule has 0 saturated carbocycles. The Hall–Kier alpha value is -3.05. The first-order chi connectivity index (χ1) is 13.7. The van der Waals surface area contributed by atoms with Crippen molar-refractivity contribution in [3.05, 3.63) is 71.3 Å². The minimum atomic E-state index is -4.54. The van der Waals surface area contributed by atoms with E-state index < -0.39 is 33.9 Å². The third kappa shape index (κ3) is 3.32. The smallest absolute Gasteiger partial charge is 0.423 e. The van der Waals surface area contributed by atoms with Gasteiger partial charge >= 0.3 is 7.12 Å². The highest BCUT2D eigenvalue weighted by atomic mass is 32.2. The largest absolute Gasteiger partial charge is 0.488 e. The van der Waals surface area contributed by atoms with Crippen LogP contribution in [0.3, 0.4) is 0 Å². The highest BCUT2D eigenvalue weighted by Gasteiger charge is 2.34. The molecule has 8 nitrogen and oxygen atoms in total. The van der Waals surface area contributed by atoms with Gasteiger partial charge in [-0.05, 0) is 34.6 Å². The van der Waals surface area contributed by atoms with Gasteiger partial charge in [-0.25, -0.2) is 0 Å². The van der Waals surface area contributed by atoms with Crippen molar-refractivity contribution in [2.75, 3.05) is 0 Å². The van der Waals surface area contributed by atoms with Crippen LogP contribution < -0.4 is 5.46 Å². The summed E-state index contributed by atoms with van der Waals surface area (Å²) >= 11 is 0. The van der Waals surface area contributed by atoms with Crippen molar-refractivity contribution in [3.8, 4) is 0 Å². The first-order valence-electron chi connectivity index (χ1n) is 8.52. The fourth-order valence-corrected chi connectivity index (χ4v) is 3.94. The normalized spacial score (nSPS) is 13.8. The SMILES string of the molecule is O=C1c2cccc3cc(S(=O)(=O)O)cc(c23)C(=O)N1Cc1ccc(B(O)O)cc1. The molecule has 0 spiro atoms. The second kappa shape index (κ2) is 6.78. The Morgan fingerprint density at radius 2 is 1.55 bits per heavy atom. The van der Waals surface area contributed by atoms with Crippen LogP contribution >= 0.6 is 0 Å². The maximum Gasteiger partial charge on any atom is 0.488 e. The van der Waals surface area contributed by atoms with Crippen LogP contribution in [0, 0.1) is 0 Å². The number of nitrogens with zero attached hydrogens (tertiary/aromatic N) is 1. The van der Waals surface area contributed by atoms with Crippen molar-refractivity contribution in [1.82, 2.24) is 4.90 Å². The quantitative estimate of drug-likeness (QED) is 0.325. The van der Waals surface area contributed by atoms with Crippen LogP contribution in [0.15, 0.2) is 59.5 Å². The molecule has 2 amide bonds. The zero-order valence-corrected chi connectivity index (χ0v) is 15.6. The van der Waals surface area contributed by atoms with E-state index in [1.807, 2.05) is 0 Å². The van der Waals surface area contributed by atoms with Crippen LogP contribution in [0.1, 0.15) is 26.3 Å². The number of carbonyl (C=O) groups is 2. The average Bonchev–Trinajstić information content (AvgIpc) is 2.68. The summed E-state index contributed by atoms with van der Waals surface area (Å²) in [5.41, 5.74) is 1.09. The maximum atomic E-state index is 13.0. The molecule has 0 aliphatic carbocycles. The Morgan fingerprint density at radius 3 is 2.17 bits per heavy atom. The van der Waals surface area contributed by atoms with E-state index in [1.165, 1.54) is 18.2 Å². The Bertz CT molecular complexity index is 1270. The molecule has 1 heterocycles. The van der Waals surface area contributed by atoms with E-state index >= 15 is 0 Å². The molecule has 0 atom stereocenters. The van der Waals surface area contributed by atoms with Crippen LogP contribution in [-0.4, -0.2) is 46.9 Å². The molecule has 1 aliphatic rings. The Labute approximate surface area is 165 Å². The number of rotatable bonds is 4. The molecule has 3 aromatic carbocycles. The summed E-state index contributed by atoms with van der Waals surface area (Å²) in [7, 11) is -6.18. The number of hydrogen-bond donors (Lipinski definition) is 3. The second-order valence-electron chi connectivity index (χ2n) is 6.66. The lowest BCUT2D eigenvalue weighted by atomic mass is 9.80. The lowest BCUT2D eigenvalue weighted by Crippen LogP contribution is -2.40. The van der Waals surface area contributed by atoms with Gasteiger partial charge in [0.1, 0.15) is 0 Å². The van der Waals surface area contributed by atoms with E-state index in [2.05, 4.69) is 0 Å². The van der Waals surface area contributed by atoms with Crippen LogP contribution in [0.25, 0.3) is 10.8 Å². The van der Waals surface area contributed by atoms with Crippen LogP contribution in [0.2, 0.25) is 0 Å². The summed E-state index contributed by atoms with van der Waals surface area (Å²) in [6.07, 6.45) is 0. The van der Waals surface area contributed by atoms with Gasteiger partial charge in [-0.15, -0.1) is 0 Å². The Morgan fingerprint density at radius 1 is 0.897 bits per heavy atom. The number of imide groups is 1. The summed E-state index contributed by atoms with van der Waals surface area (Å²) < 4.78 is 32.6. The Balaban J connectivity index is 1.81. The number of hydrogen-bond acceptors (Lipinski definition) is 6. The molecule has 0 saturated heterocycles. The number of benzene rings is 3. The lowest BCUT2D eigenvalue weighted by Gasteiger charge is -2.27. The molecule has 1 aliphatic heterocycles.